The Hall–Kier alpha value is -3.73. The lowest BCUT2D eigenvalue weighted by Gasteiger charge is -2.37. The summed E-state index contributed by atoms with van der Waals surface area (Å²) in [5, 5.41) is 9.35. The van der Waals surface area contributed by atoms with Crippen LogP contribution in [0.2, 0.25) is 0 Å². The topological polar surface area (TPSA) is 52.4 Å². The summed E-state index contributed by atoms with van der Waals surface area (Å²) in [6.07, 6.45) is -2.65. The molecule has 2 heterocycles. The molecule has 1 aliphatic heterocycles. The predicted octanol–water partition coefficient (Wildman–Crippen LogP) is 4.97. The van der Waals surface area contributed by atoms with E-state index in [1.165, 1.54) is 6.07 Å². The van der Waals surface area contributed by atoms with Crippen molar-refractivity contribution >= 4 is 11.4 Å². The molecule has 164 valence electrons. The lowest BCUT2D eigenvalue weighted by molar-refractivity contribution is -0.137. The minimum Gasteiger partial charge on any atom is -0.496 e. The number of rotatable bonds is 4. The number of hydrogen-bond acceptors (Lipinski definition) is 5. The molecule has 0 N–H and O–H groups in total. The van der Waals surface area contributed by atoms with Crippen molar-refractivity contribution in [3.63, 3.8) is 0 Å². The fraction of sp³-hybridized carbons (Fsp3) is 0.250. The average molecular weight is 438 g/mol. The highest BCUT2D eigenvalue weighted by atomic mass is 19.4. The van der Waals surface area contributed by atoms with Crippen molar-refractivity contribution in [1.29, 1.82) is 5.26 Å². The summed E-state index contributed by atoms with van der Waals surface area (Å²) in [6.45, 7) is 2.52. The lowest BCUT2D eigenvalue weighted by atomic mass is 10.1. The van der Waals surface area contributed by atoms with Gasteiger partial charge in [-0.1, -0.05) is 12.1 Å². The number of nitriles is 1. The normalized spacial score (nSPS) is 14.2. The van der Waals surface area contributed by atoms with Crippen LogP contribution in [-0.2, 0) is 6.18 Å². The third-order valence-electron chi connectivity index (χ3n) is 5.56. The summed E-state index contributed by atoms with van der Waals surface area (Å²) in [4.78, 5) is 8.71. The molecule has 0 radical (unpaired) electrons. The van der Waals surface area contributed by atoms with E-state index in [9.17, 15) is 18.4 Å². The van der Waals surface area contributed by atoms with Gasteiger partial charge in [0.25, 0.3) is 0 Å². The molecule has 0 bridgehead atoms. The van der Waals surface area contributed by atoms with Crippen molar-refractivity contribution in [2.24, 2.45) is 0 Å². The number of para-hydroxylation sites is 1. The highest BCUT2D eigenvalue weighted by Crippen LogP contribution is 2.33. The molecule has 1 saturated heterocycles. The molecule has 2 aromatic carbocycles. The second-order valence-electron chi connectivity index (χ2n) is 7.42. The number of benzene rings is 2. The van der Waals surface area contributed by atoms with Crippen LogP contribution in [0.5, 0.6) is 5.75 Å². The first-order valence-electron chi connectivity index (χ1n) is 10.1. The van der Waals surface area contributed by atoms with Crippen LogP contribution in [0.3, 0.4) is 0 Å². The van der Waals surface area contributed by atoms with E-state index >= 15 is 0 Å². The molecule has 0 unspecified atom stereocenters. The molecule has 1 fully saturated rings. The van der Waals surface area contributed by atoms with Gasteiger partial charge in [0.2, 0.25) is 0 Å². The highest BCUT2D eigenvalue weighted by molar-refractivity contribution is 5.68. The maximum absolute atomic E-state index is 13.0. The molecule has 0 saturated carbocycles. The molecule has 0 spiro atoms. The van der Waals surface area contributed by atoms with Crippen molar-refractivity contribution < 1.29 is 17.9 Å². The number of aromatic nitrogens is 1. The molecular formula is C24H21F3N4O. The first kappa shape index (κ1) is 21.5. The third kappa shape index (κ3) is 4.33. The van der Waals surface area contributed by atoms with Gasteiger partial charge in [-0.2, -0.15) is 18.4 Å². The number of halogens is 3. The van der Waals surface area contributed by atoms with Crippen LogP contribution in [0.15, 0.2) is 60.8 Å². The van der Waals surface area contributed by atoms with Crippen LogP contribution >= 0.6 is 0 Å². The number of nitrogens with zero attached hydrogens (tertiary/aromatic N) is 4. The minimum atomic E-state index is -4.47. The fourth-order valence-electron chi connectivity index (χ4n) is 3.87. The average Bonchev–Trinajstić information content (AvgIpc) is 2.83. The summed E-state index contributed by atoms with van der Waals surface area (Å²) in [5.41, 5.74) is 2.46. The Kier molecular flexibility index (Phi) is 5.91. The predicted molar refractivity (Wildman–Crippen MR) is 117 cm³/mol. The molecule has 4 rings (SSSR count). The van der Waals surface area contributed by atoms with E-state index in [4.69, 9.17) is 4.74 Å². The molecule has 1 aliphatic rings. The van der Waals surface area contributed by atoms with E-state index in [2.05, 4.69) is 9.88 Å². The van der Waals surface area contributed by atoms with E-state index in [0.717, 1.165) is 34.8 Å². The van der Waals surface area contributed by atoms with E-state index in [1.807, 2.05) is 53.6 Å². The van der Waals surface area contributed by atoms with Crippen LogP contribution in [0.25, 0.3) is 11.3 Å². The van der Waals surface area contributed by atoms with Crippen LogP contribution < -0.4 is 14.5 Å². The standard InChI is InChI=1S/C24H21F3N4O/c1-32-23-5-3-2-4-20(23)21-8-7-19(16-29-21)30-10-12-31(13-11-30)22-9-6-18(24(25,26)27)14-17(22)15-28/h2-9,14,16H,10-13H2,1H3. The Morgan fingerprint density at radius 1 is 0.969 bits per heavy atom. The molecule has 32 heavy (non-hydrogen) atoms. The van der Waals surface area contributed by atoms with E-state index in [1.54, 1.807) is 7.11 Å². The van der Waals surface area contributed by atoms with Gasteiger partial charge < -0.3 is 14.5 Å². The molecule has 0 amide bonds. The molecular weight excluding hydrogens is 417 g/mol. The van der Waals surface area contributed by atoms with Crippen LogP contribution in [0, 0.1) is 11.3 Å². The summed E-state index contributed by atoms with van der Waals surface area (Å²) < 4.78 is 44.3. The van der Waals surface area contributed by atoms with Crippen molar-refractivity contribution in [2.45, 2.75) is 6.18 Å². The Morgan fingerprint density at radius 2 is 1.69 bits per heavy atom. The molecule has 0 atom stereocenters. The van der Waals surface area contributed by atoms with Gasteiger partial charge in [0, 0.05) is 31.7 Å². The Morgan fingerprint density at radius 3 is 2.31 bits per heavy atom. The quantitative estimate of drug-likeness (QED) is 0.576. The van der Waals surface area contributed by atoms with E-state index in [-0.39, 0.29) is 5.56 Å². The largest absolute Gasteiger partial charge is 0.496 e. The smallest absolute Gasteiger partial charge is 0.416 e. The fourth-order valence-corrected chi connectivity index (χ4v) is 3.87. The van der Waals surface area contributed by atoms with Gasteiger partial charge >= 0.3 is 6.18 Å². The monoisotopic (exact) mass is 438 g/mol. The zero-order valence-electron chi connectivity index (χ0n) is 17.4. The molecule has 8 heteroatoms. The maximum atomic E-state index is 13.0. The molecule has 3 aromatic rings. The zero-order chi connectivity index (χ0) is 22.7. The number of pyridine rings is 1. The first-order valence-corrected chi connectivity index (χ1v) is 10.1. The lowest BCUT2D eigenvalue weighted by Crippen LogP contribution is -2.46. The summed E-state index contributed by atoms with van der Waals surface area (Å²) in [5.74, 6) is 0.756. The van der Waals surface area contributed by atoms with Crippen molar-refractivity contribution in [3.05, 3.63) is 71.9 Å². The first-order chi connectivity index (χ1) is 15.4. The highest BCUT2D eigenvalue weighted by Gasteiger charge is 2.31. The van der Waals surface area contributed by atoms with Crippen molar-refractivity contribution in [1.82, 2.24) is 4.98 Å². The van der Waals surface area contributed by atoms with Gasteiger partial charge in [-0.3, -0.25) is 4.98 Å². The SMILES string of the molecule is COc1ccccc1-c1ccc(N2CCN(c3ccc(C(F)(F)F)cc3C#N)CC2)cn1. The van der Waals surface area contributed by atoms with Crippen LogP contribution in [0.4, 0.5) is 24.5 Å². The van der Waals surface area contributed by atoms with Gasteiger partial charge in [0.1, 0.15) is 11.8 Å². The number of piperazine rings is 1. The van der Waals surface area contributed by atoms with Gasteiger partial charge in [-0.05, 0) is 42.5 Å². The van der Waals surface area contributed by atoms with Gasteiger partial charge in [-0.15, -0.1) is 0 Å². The van der Waals surface area contributed by atoms with Crippen molar-refractivity contribution in [3.8, 4) is 23.1 Å². The number of anilines is 2. The Bertz CT molecular complexity index is 1130. The Balaban J connectivity index is 1.46. The van der Waals surface area contributed by atoms with Crippen LogP contribution in [0.1, 0.15) is 11.1 Å². The minimum absolute atomic E-state index is 0.0381. The second-order valence-corrected chi connectivity index (χ2v) is 7.42. The number of alkyl halides is 3. The van der Waals surface area contributed by atoms with E-state index < -0.39 is 11.7 Å². The molecule has 1 aromatic heterocycles. The zero-order valence-corrected chi connectivity index (χ0v) is 17.4. The van der Waals surface area contributed by atoms with Gasteiger partial charge in [-0.25, -0.2) is 0 Å². The maximum Gasteiger partial charge on any atom is 0.416 e. The summed E-state index contributed by atoms with van der Waals surface area (Å²) in [7, 11) is 1.63. The van der Waals surface area contributed by atoms with Crippen molar-refractivity contribution in [2.75, 3.05) is 43.1 Å². The summed E-state index contributed by atoms with van der Waals surface area (Å²) in [6, 6.07) is 16.9. The molecule has 5 nitrogen and oxygen atoms in total. The van der Waals surface area contributed by atoms with Gasteiger partial charge in [0.15, 0.2) is 0 Å². The van der Waals surface area contributed by atoms with E-state index in [0.29, 0.717) is 31.9 Å². The third-order valence-corrected chi connectivity index (χ3v) is 5.56. The van der Waals surface area contributed by atoms with Gasteiger partial charge in [0.05, 0.1) is 41.5 Å². The number of methoxy groups -OCH3 is 1. The Labute approximate surface area is 184 Å². The summed E-state index contributed by atoms with van der Waals surface area (Å²) >= 11 is 0. The van der Waals surface area contributed by atoms with Crippen LogP contribution in [-0.4, -0.2) is 38.3 Å². The number of hydrogen-bond donors (Lipinski definition) is 0. The number of ether oxygens (including phenoxy) is 1. The molecule has 0 aliphatic carbocycles. The second kappa shape index (κ2) is 8.79.